The van der Waals surface area contributed by atoms with Crippen LogP contribution in [0.5, 0.6) is 5.75 Å². The highest BCUT2D eigenvalue weighted by molar-refractivity contribution is 6.07. The molecule has 0 radical (unpaired) electrons. The third-order valence-corrected chi connectivity index (χ3v) is 4.00. The molecule has 25 heavy (non-hydrogen) atoms. The molecule has 1 unspecified atom stereocenters. The normalized spacial score (nSPS) is 12.0. The molecule has 0 saturated carbocycles. The van der Waals surface area contributed by atoms with Gasteiger partial charge in [-0.2, -0.15) is 0 Å². The highest BCUT2D eigenvalue weighted by atomic mass is 16.5. The van der Waals surface area contributed by atoms with E-state index in [9.17, 15) is 9.59 Å². The van der Waals surface area contributed by atoms with E-state index in [1.807, 2.05) is 43.3 Å². The number of carbonyl (C=O) groups excluding carboxylic acids is 2. The average molecular weight is 337 g/mol. The smallest absolute Gasteiger partial charge is 0.340 e. The van der Waals surface area contributed by atoms with Crippen LogP contribution in [0.2, 0.25) is 0 Å². The Morgan fingerprint density at radius 1 is 1.08 bits per heavy atom. The first-order chi connectivity index (χ1) is 12.0. The SMILES string of the molecule is COC(=O)c1cn(C(=O)C(C)Oc2cccc(C)c2)c2ccccc12. The van der Waals surface area contributed by atoms with Crippen molar-refractivity contribution in [3.05, 3.63) is 65.9 Å². The summed E-state index contributed by atoms with van der Waals surface area (Å²) in [6.45, 7) is 3.65. The number of carbonyl (C=O) groups is 2. The van der Waals surface area contributed by atoms with Gasteiger partial charge in [-0.25, -0.2) is 4.79 Å². The van der Waals surface area contributed by atoms with Crippen molar-refractivity contribution < 1.29 is 19.1 Å². The quantitative estimate of drug-likeness (QED) is 0.679. The van der Waals surface area contributed by atoms with Crippen LogP contribution in [0.3, 0.4) is 0 Å². The summed E-state index contributed by atoms with van der Waals surface area (Å²) < 4.78 is 12.0. The van der Waals surface area contributed by atoms with Crippen molar-refractivity contribution in [2.75, 3.05) is 7.11 Å². The van der Waals surface area contributed by atoms with E-state index >= 15 is 0 Å². The Morgan fingerprint density at radius 3 is 2.56 bits per heavy atom. The number of aryl methyl sites for hydroxylation is 1. The number of rotatable bonds is 4. The summed E-state index contributed by atoms with van der Waals surface area (Å²) in [4.78, 5) is 24.8. The third-order valence-electron chi connectivity index (χ3n) is 4.00. The highest BCUT2D eigenvalue weighted by Gasteiger charge is 2.23. The molecule has 3 aromatic rings. The van der Waals surface area contributed by atoms with Gasteiger partial charge < -0.3 is 9.47 Å². The summed E-state index contributed by atoms with van der Waals surface area (Å²) in [6, 6.07) is 14.7. The number of hydrogen-bond donors (Lipinski definition) is 0. The monoisotopic (exact) mass is 337 g/mol. The lowest BCUT2D eigenvalue weighted by atomic mass is 10.2. The van der Waals surface area contributed by atoms with Crippen LogP contribution in [0.15, 0.2) is 54.7 Å². The van der Waals surface area contributed by atoms with Gasteiger partial charge in [-0.05, 0) is 37.6 Å². The molecule has 0 bridgehead atoms. The van der Waals surface area contributed by atoms with Crippen LogP contribution in [-0.2, 0) is 4.74 Å². The van der Waals surface area contributed by atoms with Crippen LogP contribution >= 0.6 is 0 Å². The van der Waals surface area contributed by atoms with E-state index in [-0.39, 0.29) is 5.91 Å². The first kappa shape index (κ1) is 16.8. The van der Waals surface area contributed by atoms with Crippen LogP contribution in [0, 0.1) is 6.92 Å². The fraction of sp³-hybridized carbons (Fsp3) is 0.200. The second-order valence-electron chi connectivity index (χ2n) is 5.84. The van der Waals surface area contributed by atoms with E-state index in [1.54, 1.807) is 19.1 Å². The first-order valence-corrected chi connectivity index (χ1v) is 7.97. The highest BCUT2D eigenvalue weighted by Crippen LogP contribution is 2.23. The van der Waals surface area contributed by atoms with Gasteiger partial charge in [0.1, 0.15) is 5.75 Å². The zero-order valence-corrected chi connectivity index (χ0v) is 14.4. The summed E-state index contributed by atoms with van der Waals surface area (Å²) in [7, 11) is 1.32. The van der Waals surface area contributed by atoms with Crippen LogP contribution in [0.4, 0.5) is 0 Å². The number of aromatic nitrogens is 1. The van der Waals surface area contributed by atoms with Crippen LogP contribution in [0.25, 0.3) is 10.9 Å². The van der Waals surface area contributed by atoms with Gasteiger partial charge in [0, 0.05) is 11.6 Å². The molecule has 128 valence electrons. The first-order valence-electron chi connectivity index (χ1n) is 7.97. The molecule has 0 aliphatic heterocycles. The van der Waals surface area contributed by atoms with Gasteiger partial charge in [0.25, 0.3) is 5.91 Å². The summed E-state index contributed by atoms with van der Waals surface area (Å²) in [6.07, 6.45) is 0.803. The molecule has 1 heterocycles. The second-order valence-corrected chi connectivity index (χ2v) is 5.84. The van der Waals surface area contributed by atoms with Gasteiger partial charge in [-0.15, -0.1) is 0 Å². The Hall–Kier alpha value is -3.08. The van der Waals surface area contributed by atoms with Gasteiger partial charge in [0.05, 0.1) is 18.2 Å². The zero-order valence-electron chi connectivity index (χ0n) is 14.4. The summed E-state index contributed by atoms with van der Waals surface area (Å²) >= 11 is 0. The van der Waals surface area contributed by atoms with Crippen molar-refractivity contribution in [2.24, 2.45) is 0 Å². The van der Waals surface area contributed by atoms with Crippen molar-refractivity contribution in [3.8, 4) is 5.75 Å². The van der Waals surface area contributed by atoms with Crippen molar-refractivity contribution in [2.45, 2.75) is 20.0 Å². The largest absolute Gasteiger partial charge is 0.481 e. The number of nitrogens with zero attached hydrogens (tertiary/aromatic N) is 1. The number of ether oxygens (including phenoxy) is 2. The maximum atomic E-state index is 12.9. The minimum absolute atomic E-state index is 0.257. The number of hydrogen-bond acceptors (Lipinski definition) is 4. The van der Waals surface area contributed by atoms with Crippen LogP contribution in [-0.4, -0.2) is 29.7 Å². The topological polar surface area (TPSA) is 57.5 Å². The molecule has 0 N–H and O–H groups in total. The second kappa shape index (κ2) is 6.81. The predicted octanol–water partition coefficient (Wildman–Crippen LogP) is 3.84. The molecule has 1 aromatic heterocycles. The van der Waals surface area contributed by atoms with Crippen molar-refractivity contribution in [1.82, 2.24) is 4.57 Å². The minimum atomic E-state index is -0.705. The van der Waals surface area contributed by atoms with Crippen LogP contribution < -0.4 is 4.74 Å². The van der Waals surface area contributed by atoms with Crippen molar-refractivity contribution in [1.29, 1.82) is 0 Å². The van der Waals surface area contributed by atoms with Gasteiger partial charge >= 0.3 is 5.97 Å². The van der Waals surface area contributed by atoms with Gasteiger partial charge in [0.15, 0.2) is 6.10 Å². The van der Waals surface area contributed by atoms with Crippen molar-refractivity contribution >= 4 is 22.8 Å². The van der Waals surface area contributed by atoms with E-state index in [2.05, 4.69) is 0 Å². The number of methoxy groups -OCH3 is 1. The van der Waals surface area contributed by atoms with E-state index in [0.29, 0.717) is 22.2 Å². The number of fused-ring (bicyclic) bond motifs is 1. The van der Waals surface area contributed by atoms with Crippen molar-refractivity contribution in [3.63, 3.8) is 0 Å². The Bertz CT molecular complexity index is 942. The van der Waals surface area contributed by atoms with E-state index in [4.69, 9.17) is 9.47 Å². The lowest BCUT2D eigenvalue weighted by Gasteiger charge is -2.15. The standard InChI is InChI=1S/C20H19NO4/c1-13-7-6-8-15(11-13)25-14(2)19(22)21-12-17(20(23)24-3)16-9-4-5-10-18(16)21/h4-12,14H,1-3H3. The van der Waals surface area contributed by atoms with Crippen LogP contribution in [0.1, 0.15) is 27.6 Å². The minimum Gasteiger partial charge on any atom is -0.481 e. The molecular weight excluding hydrogens is 318 g/mol. The fourth-order valence-electron chi connectivity index (χ4n) is 2.77. The Morgan fingerprint density at radius 2 is 1.84 bits per heavy atom. The molecule has 0 aliphatic rings. The third kappa shape index (κ3) is 3.26. The summed E-state index contributed by atoms with van der Waals surface area (Å²) in [5.74, 6) is -0.103. The van der Waals surface area contributed by atoms with Gasteiger partial charge in [-0.3, -0.25) is 9.36 Å². The summed E-state index contributed by atoms with van der Waals surface area (Å²) in [5.41, 5.74) is 2.05. The van der Waals surface area contributed by atoms with Gasteiger partial charge in [0.2, 0.25) is 0 Å². The Labute approximate surface area is 145 Å². The molecule has 0 aliphatic carbocycles. The molecule has 0 amide bonds. The molecule has 1 atom stereocenters. The molecule has 5 heteroatoms. The number of para-hydroxylation sites is 1. The lowest BCUT2D eigenvalue weighted by molar-refractivity contribution is 0.0602. The summed E-state index contributed by atoms with van der Waals surface area (Å²) in [5, 5.41) is 0.672. The van der Waals surface area contributed by atoms with E-state index < -0.39 is 12.1 Å². The molecule has 5 nitrogen and oxygen atoms in total. The Balaban J connectivity index is 1.95. The number of benzene rings is 2. The molecule has 3 rings (SSSR count). The maximum Gasteiger partial charge on any atom is 0.340 e. The molecule has 0 fully saturated rings. The van der Waals surface area contributed by atoms with E-state index in [0.717, 1.165) is 5.56 Å². The van der Waals surface area contributed by atoms with Gasteiger partial charge in [-0.1, -0.05) is 30.3 Å². The number of esters is 1. The predicted molar refractivity (Wildman–Crippen MR) is 95.2 cm³/mol. The average Bonchev–Trinajstić information content (AvgIpc) is 3.00. The molecule has 0 spiro atoms. The van der Waals surface area contributed by atoms with E-state index in [1.165, 1.54) is 17.9 Å². The molecular formula is C20H19NO4. The lowest BCUT2D eigenvalue weighted by Crippen LogP contribution is -2.28. The molecule has 0 saturated heterocycles. The molecule has 2 aromatic carbocycles. The Kier molecular flexibility index (Phi) is 4.57. The zero-order chi connectivity index (χ0) is 18.0. The fourth-order valence-corrected chi connectivity index (χ4v) is 2.77. The maximum absolute atomic E-state index is 12.9.